The van der Waals surface area contributed by atoms with Crippen molar-refractivity contribution < 1.29 is 17.0 Å². The number of benzene rings is 1. The normalized spacial score (nSPS) is 11.3. The molecule has 5 heteroatoms. The molecule has 0 unspecified atom stereocenters. The molecule has 0 amide bonds. The molecule has 0 fully saturated rings. The molecule has 1 aromatic rings. The molecule has 0 aliphatic heterocycles. The molecule has 0 spiro atoms. The van der Waals surface area contributed by atoms with E-state index in [0.717, 1.165) is 17.9 Å². The Morgan fingerprint density at radius 3 is 2.54 bits per heavy atom. The zero-order valence-corrected chi connectivity index (χ0v) is 8.06. The van der Waals surface area contributed by atoms with Crippen molar-refractivity contribution in [2.24, 2.45) is 0 Å². The quantitative estimate of drug-likeness (QED) is 0.685. The summed E-state index contributed by atoms with van der Waals surface area (Å²) in [5.41, 5.74) is 0.736. The molecular formula is C8H9FO3S. The van der Waals surface area contributed by atoms with Crippen molar-refractivity contribution in [1.82, 2.24) is 0 Å². The third kappa shape index (κ3) is 3.02. The molecule has 0 saturated carbocycles. The van der Waals surface area contributed by atoms with Gasteiger partial charge >= 0.3 is 10.1 Å². The lowest BCUT2D eigenvalue weighted by Crippen LogP contribution is -2.07. The van der Waals surface area contributed by atoms with Crippen LogP contribution in [0.15, 0.2) is 18.2 Å². The van der Waals surface area contributed by atoms with Gasteiger partial charge in [0.1, 0.15) is 0 Å². The zero-order chi connectivity index (χ0) is 10.1. The Kier molecular flexibility index (Phi) is 2.56. The van der Waals surface area contributed by atoms with Crippen molar-refractivity contribution in [3.8, 4) is 5.75 Å². The van der Waals surface area contributed by atoms with E-state index in [9.17, 15) is 12.8 Å². The van der Waals surface area contributed by atoms with E-state index in [4.69, 9.17) is 0 Å². The molecule has 0 saturated heterocycles. The standard InChI is InChI=1S/C8H9FO3S/c1-6-3-4-7(9)8(5-6)12-13(2,10)11/h3-5H,1-2H3. The summed E-state index contributed by atoms with van der Waals surface area (Å²) >= 11 is 0. The lowest BCUT2D eigenvalue weighted by Gasteiger charge is -2.04. The van der Waals surface area contributed by atoms with Gasteiger partial charge in [-0.15, -0.1) is 0 Å². The molecule has 0 bridgehead atoms. The molecule has 0 atom stereocenters. The average molecular weight is 204 g/mol. The van der Waals surface area contributed by atoms with Crippen LogP contribution in [0.2, 0.25) is 0 Å². The molecule has 0 N–H and O–H groups in total. The van der Waals surface area contributed by atoms with Gasteiger partial charge in [0.2, 0.25) is 0 Å². The van der Waals surface area contributed by atoms with Crippen LogP contribution < -0.4 is 4.18 Å². The summed E-state index contributed by atoms with van der Waals surface area (Å²) in [6.45, 7) is 1.72. The summed E-state index contributed by atoms with van der Waals surface area (Å²) in [6, 6.07) is 4.02. The summed E-state index contributed by atoms with van der Waals surface area (Å²) in [6.07, 6.45) is 0.870. The monoisotopic (exact) mass is 204 g/mol. The van der Waals surface area contributed by atoms with Crippen LogP contribution in [0.25, 0.3) is 0 Å². The Balaban J connectivity index is 3.08. The molecule has 13 heavy (non-hydrogen) atoms. The highest BCUT2D eigenvalue weighted by atomic mass is 32.2. The van der Waals surface area contributed by atoms with Crippen molar-refractivity contribution in [3.63, 3.8) is 0 Å². The van der Waals surface area contributed by atoms with Crippen LogP contribution in [0.5, 0.6) is 5.75 Å². The van der Waals surface area contributed by atoms with E-state index in [1.165, 1.54) is 12.1 Å². The second-order valence-corrected chi connectivity index (χ2v) is 4.30. The average Bonchev–Trinajstić information content (AvgIpc) is 1.94. The minimum Gasteiger partial charge on any atom is -0.379 e. The first-order chi connectivity index (χ1) is 5.88. The van der Waals surface area contributed by atoms with Crippen molar-refractivity contribution in [3.05, 3.63) is 29.6 Å². The van der Waals surface area contributed by atoms with Gasteiger partial charge in [0.25, 0.3) is 0 Å². The molecule has 0 heterocycles. The first kappa shape index (κ1) is 9.98. The fourth-order valence-corrected chi connectivity index (χ4v) is 1.29. The molecule has 1 rings (SSSR count). The summed E-state index contributed by atoms with van der Waals surface area (Å²) < 4.78 is 38.7. The highest BCUT2D eigenvalue weighted by Crippen LogP contribution is 2.19. The van der Waals surface area contributed by atoms with Gasteiger partial charge in [0.05, 0.1) is 6.26 Å². The maximum atomic E-state index is 12.9. The van der Waals surface area contributed by atoms with Gasteiger partial charge in [0, 0.05) is 0 Å². The maximum Gasteiger partial charge on any atom is 0.306 e. The lowest BCUT2D eigenvalue weighted by atomic mass is 10.2. The molecule has 0 aromatic heterocycles. The van der Waals surface area contributed by atoms with Crippen LogP contribution in [-0.2, 0) is 10.1 Å². The largest absolute Gasteiger partial charge is 0.379 e. The highest BCUT2D eigenvalue weighted by Gasteiger charge is 2.09. The maximum absolute atomic E-state index is 12.9. The highest BCUT2D eigenvalue weighted by molar-refractivity contribution is 7.86. The van der Waals surface area contributed by atoms with Gasteiger partial charge in [0.15, 0.2) is 11.6 Å². The Hall–Kier alpha value is -1.10. The SMILES string of the molecule is Cc1ccc(F)c(OS(C)(=O)=O)c1. The van der Waals surface area contributed by atoms with Gasteiger partial charge in [-0.2, -0.15) is 8.42 Å². The molecular weight excluding hydrogens is 195 g/mol. The van der Waals surface area contributed by atoms with Crippen LogP contribution in [0.3, 0.4) is 0 Å². The Bertz CT molecular complexity index is 411. The van der Waals surface area contributed by atoms with Gasteiger partial charge in [-0.25, -0.2) is 4.39 Å². The fraction of sp³-hybridized carbons (Fsp3) is 0.250. The fourth-order valence-electron chi connectivity index (χ4n) is 0.838. The predicted octanol–water partition coefficient (Wildman–Crippen LogP) is 1.47. The predicted molar refractivity (Wildman–Crippen MR) is 46.6 cm³/mol. The van der Waals surface area contributed by atoms with E-state index >= 15 is 0 Å². The van der Waals surface area contributed by atoms with Crippen LogP contribution in [-0.4, -0.2) is 14.7 Å². The minimum atomic E-state index is -3.66. The number of halogens is 1. The summed E-state index contributed by atoms with van der Waals surface area (Å²) in [5.74, 6) is -0.946. The van der Waals surface area contributed by atoms with E-state index in [1.54, 1.807) is 6.92 Å². The van der Waals surface area contributed by atoms with Gasteiger partial charge in [-0.1, -0.05) is 6.07 Å². The van der Waals surface area contributed by atoms with Crippen molar-refractivity contribution >= 4 is 10.1 Å². The third-order valence-corrected chi connectivity index (χ3v) is 1.81. The Labute approximate surface area is 76.3 Å². The van der Waals surface area contributed by atoms with E-state index in [-0.39, 0.29) is 5.75 Å². The molecule has 3 nitrogen and oxygen atoms in total. The Morgan fingerprint density at radius 1 is 1.38 bits per heavy atom. The van der Waals surface area contributed by atoms with Crippen LogP contribution in [0.1, 0.15) is 5.56 Å². The van der Waals surface area contributed by atoms with E-state index in [1.807, 2.05) is 0 Å². The first-order valence-electron chi connectivity index (χ1n) is 3.54. The first-order valence-corrected chi connectivity index (χ1v) is 5.36. The van der Waals surface area contributed by atoms with Crippen LogP contribution >= 0.6 is 0 Å². The molecule has 1 aromatic carbocycles. The summed E-state index contributed by atoms with van der Waals surface area (Å²) in [4.78, 5) is 0. The van der Waals surface area contributed by atoms with Crippen LogP contribution in [0, 0.1) is 12.7 Å². The molecule has 0 aliphatic rings. The van der Waals surface area contributed by atoms with Crippen molar-refractivity contribution in [1.29, 1.82) is 0 Å². The minimum absolute atomic E-state index is 0.262. The van der Waals surface area contributed by atoms with E-state index in [2.05, 4.69) is 4.18 Å². The van der Waals surface area contributed by atoms with E-state index in [0.29, 0.717) is 0 Å². The van der Waals surface area contributed by atoms with Crippen molar-refractivity contribution in [2.45, 2.75) is 6.92 Å². The summed E-state index contributed by atoms with van der Waals surface area (Å²) in [7, 11) is -3.66. The number of rotatable bonds is 2. The van der Waals surface area contributed by atoms with Gasteiger partial charge in [-0.05, 0) is 24.6 Å². The van der Waals surface area contributed by atoms with E-state index < -0.39 is 15.9 Å². The smallest absolute Gasteiger partial charge is 0.306 e. The number of hydrogen-bond acceptors (Lipinski definition) is 3. The van der Waals surface area contributed by atoms with Crippen molar-refractivity contribution in [2.75, 3.05) is 6.26 Å². The number of aryl methyl sites for hydroxylation is 1. The second-order valence-electron chi connectivity index (χ2n) is 2.72. The molecule has 0 radical (unpaired) electrons. The molecule has 0 aliphatic carbocycles. The van der Waals surface area contributed by atoms with Gasteiger partial charge in [-0.3, -0.25) is 0 Å². The zero-order valence-electron chi connectivity index (χ0n) is 7.24. The van der Waals surface area contributed by atoms with Gasteiger partial charge < -0.3 is 4.18 Å². The lowest BCUT2D eigenvalue weighted by molar-refractivity contribution is 0.466. The topological polar surface area (TPSA) is 43.4 Å². The molecule has 72 valence electrons. The third-order valence-electron chi connectivity index (χ3n) is 1.33. The van der Waals surface area contributed by atoms with Crippen LogP contribution in [0.4, 0.5) is 4.39 Å². The summed E-state index contributed by atoms with van der Waals surface area (Å²) in [5, 5.41) is 0. The number of hydrogen-bond donors (Lipinski definition) is 0. The second kappa shape index (κ2) is 3.33. The Morgan fingerprint density at radius 2 is 2.00 bits per heavy atom.